The molecule has 0 saturated heterocycles. The van der Waals surface area contributed by atoms with E-state index in [-0.39, 0.29) is 12.0 Å². The molecule has 2 aliphatic rings. The first-order valence-corrected chi connectivity index (χ1v) is 9.83. The summed E-state index contributed by atoms with van der Waals surface area (Å²) in [5, 5.41) is 3.00. The van der Waals surface area contributed by atoms with Crippen LogP contribution in [-0.4, -0.2) is 29.3 Å². The fourth-order valence-corrected chi connectivity index (χ4v) is 4.30. The number of thioether (sulfide) groups is 1. The Morgan fingerprint density at radius 2 is 2.00 bits per heavy atom. The minimum Gasteiger partial charge on any atom is -0.494 e. The Balaban J connectivity index is 2.17. The predicted octanol–water partition coefficient (Wildman–Crippen LogP) is 4.63. The molecule has 3 rings (SSSR count). The molecule has 0 fully saturated rings. The lowest BCUT2D eigenvalue weighted by atomic mass is 9.93. The Labute approximate surface area is 158 Å². The number of para-hydroxylation sites is 1. The summed E-state index contributed by atoms with van der Waals surface area (Å²) in [7, 11) is 0. The number of hydrogen-bond acceptors (Lipinski definition) is 6. The van der Waals surface area contributed by atoms with Crippen LogP contribution >= 0.6 is 11.8 Å². The molecule has 0 bridgehead atoms. The summed E-state index contributed by atoms with van der Waals surface area (Å²) < 4.78 is 11.2. The molecule has 0 saturated carbocycles. The van der Waals surface area contributed by atoms with Crippen molar-refractivity contribution in [2.75, 3.05) is 13.2 Å². The van der Waals surface area contributed by atoms with Crippen LogP contribution in [0.5, 0.6) is 5.75 Å². The van der Waals surface area contributed by atoms with Gasteiger partial charge in [-0.1, -0.05) is 36.9 Å². The predicted molar refractivity (Wildman–Crippen MR) is 105 cm³/mol. The van der Waals surface area contributed by atoms with Gasteiger partial charge in [0.05, 0.1) is 30.5 Å². The Hall–Kier alpha value is -2.21. The van der Waals surface area contributed by atoms with Crippen molar-refractivity contribution in [2.45, 2.75) is 40.2 Å². The molecule has 2 heterocycles. The van der Waals surface area contributed by atoms with Crippen LogP contribution in [0.1, 0.15) is 45.7 Å². The van der Waals surface area contributed by atoms with E-state index in [9.17, 15) is 4.79 Å². The number of aliphatic imine (C=N–C) groups is 1. The molecule has 1 aromatic carbocycles. The summed E-state index contributed by atoms with van der Waals surface area (Å²) in [6.07, 6.45) is 0.856. The number of amidine groups is 1. The number of carbonyl (C=O) groups is 1. The maximum absolute atomic E-state index is 12.8. The van der Waals surface area contributed by atoms with Gasteiger partial charge in [-0.05, 0) is 38.7 Å². The first-order valence-electron chi connectivity index (χ1n) is 8.95. The number of ether oxygens (including phenoxy) is 2. The van der Waals surface area contributed by atoms with Crippen LogP contribution in [0.2, 0.25) is 0 Å². The van der Waals surface area contributed by atoms with Crippen molar-refractivity contribution in [3.8, 4) is 5.75 Å². The minimum absolute atomic E-state index is 0.300. The molecule has 138 valence electrons. The SMILES string of the molecule is CCOC(=O)C1=C(C)N=C2SC=C(CC)N2[C@@H]1c1ccccc1OCC. The number of hydrogen-bond donors (Lipinski definition) is 0. The van der Waals surface area contributed by atoms with Crippen molar-refractivity contribution >= 4 is 22.9 Å². The molecule has 0 unspecified atom stereocenters. The molecular formula is C20H24N2O3S. The zero-order chi connectivity index (χ0) is 18.7. The normalized spacial score (nSPS) is 19.1. The largest absolute Gasteiger partial charge is 0.494 e. The number of nitrogens with zero attached hydrogens (tertiary/aromatic N) is 2. The van der Waals surface area contributed by atoms with Gasteiger partial charge in [0, 0.05) is 11.3 Å². The summed E-state index contributed by atoms with van der Waals surface area (Å²) in [5.41, 5.74) is 3.36. The van der Waals surface area contributed by atoms with Crippen molar-refractivity contribution in [2.24, 2.45) is 4.99 Å². The molecule has 0 radical (unpaired) electrons. The third-order valence-electron chi connectivity index (χ3n) is 4.37. The van der Waals surface area contributed by atoms with Gasteiger partial charge in [-0.15, -0.1) is 0 Å². The number of fused-ring (bicyclic) bond motifs is 1. The van der Waals surface area contributed by atoms with E-state index in [0.29, 0.717) is 24.5 Å². The van der Waals surface area contributed by atoms with E-state index < -0.39 is 0 Å². The van der Waals surface area contributed by atoms with Crippen LogP contribution in [0.3, 0.4) is 0 Å². The molecule has 0 N–H and O–H groups in total. The van der Waals surface area contributed by atoms with Crippen LogP contribution in [-0.2, 0) is 9.53 Å². The molecule has 0 amide bonds. The smallest absolute Gasteiger partial charge is 0.338 e. The van der Waals surface area contributed by atoms with Gasteiger partial charge in [0.25, 0.3) is 0 Å². The van der Waals surface area contributed by atoms with Crippen LogP contribution < -0.4 is 4.74 Å². The van der Waals surface area contributed by atoms with E-state index in [0.717, 1.165) is 28.6 Å². The molecular weight excluding hydrogens is 348 g/mol. The number of allylic oxidation sites excluding steroid dienone is 2. The number of rotatable bonds is 6. The molecule has 5 nitrogen and oxygen atoms in total. The van der Waals surface area contributed by atoms with E-state index >= 15 is 0 Å². The standard InChI is InChI=1S/C20H24N2O3S/c1-5-14-12-26-20-21-13(4)17(19(23)25-7-3)18(22(14)20)15-10-8-9-11-16(15)24-6-2/h8-12,18H,5-7H2,1-4H3/t18-/m1/s1. The lowest BCUT2D eigenvalue weighted by Gasteiger charge is -2.36. The van der Waals surface area contributed by atoms with Crippen molar-refractivity contribution in [3.05, 3.63) is 52.2 Å². The lowest BCUT2D eigenvalue weighted by Crippen LogP contribution is -2.36. The van der Waals surface area contributed by atoms with Gasteiger partial charge in [-0.2, -0.15) is 0 Å². The fraction of sp³-hybridized carbons (Fsp3) is 0.400. The Kier molecular flexibility index (Phi) is 5.71. The first kappa shape index (κ1) is 18.6. The highest BCUT2D eigenvalue weighted by atomic mass is 32.2. The van der Waals surface area contributed by atoms with Gasteiger partial charge in [-0.25, -0.2) is 9.79 Å². The summed E-state index contributed by atoms with van der Waals surface area (Å²) in [6.45, 7) is 8.65. The Morgan fingerprint density at radius 1 is 1.23 bits per heavy atom. The highest BCUT2D eigenvalue weighted by Crippen LogP contribution is 2.46. The summed E-state index contributed by atoms with van der Waals surface area (Å²) >= 11 is 1.59. The molecule has 0 aromatic heterocycles. The summed E-state index contributed by atoms with van der Waals surface area (Å²) in [6, 6.07) is 7.58. The van der Waals surface area contributed by atoms with Crippen LogP contribution in [0, 0.1) is 0 Å². The molecule has 26 heavy (non-hydrogen) atoms. The summed E-state index contributed by atoms with van der Waals surface area (Å²) in [5.74, 6) is 0.458. The summed E-state index contributed by atoms with van der Waals surface area (Å²) in [4.78, 5) is 19.6. The van der Waals surface area contributed by atoms with Gasteiger partial charge < -0.3 is 14.4 Å². The third kappa shape index (κ3) is 3.26. The average molecular weight is 372 g/mol. The second-order valence-corrected chi connectivity index (χ2v) is 6.77. The van der Waals surface area contributed by atoms with E-state index in [1.165, 1.54) is 0 Å². The van der Waals surface area contributed by atoms with Gasteiger partial charge >= 0.3 is 5.97 Å². The van der Waals surface area contributed by atoms with Gasteiger partial charge in [0.2, 0.25) is 0 Å². The molecule has 1 aromatic rings. The third-order valence-corrected chi connectivity index (χ3v) is 5.26. The van der Waals surface area contributed by atoms with Crippen molar-refractivity contribution in [3.63, 3.8) is 0 Å². The topological polar surface area (TPSA) is 51.1 Å². The zero-order valence-electron chi connectivity index (χ0n) is 15.6. The second kappa shape index (κ2) is 7.99. The number of benzene rings is 1. The van der Waals surface area contributed by atoms with E-state index in [1.54, 1.807) is 11.8 Å². The average Bonchev–Trinajstić information content (AvgIpc) is 3.04. The molecule has 0 aliphatic carbocycles. The fourth-order valence-electron chi connectivity index (χ4n) is 3.25. The Morgan fingerprint density at radius 3 is 2.69 bits per heavy atom. The van der Waals surface area contributed by atoms with E-state index in [4.69, 9.17) is 9.47 Å². The quantitative estimate of drug-likeness (QED) is 0.681. The van der Waals surface area contributed by atoms with Gasteiger partial charge in [0.15, 0.2) is 5.17 Å². The van der Waals surface area contributed by atoms with E-state index in [2.05, 4.69) is 22.2 Å². The van der Waals surface area contributed by atoms with Crippen LogP contribution in [0.15, 0.2) is 51.6 Å². The van der Waals surface area contributed by atoms with Crippen LogP contribution in [0.4, 0.5) is 0 Å². The highest BCUT2D eigenvalue weighted by Gasteiger charge is 2.41. The Bertz CT molecular complexity index is 798. The van der Waals surface area contributed by atoms with Crippen molar-refractivity contribution in [1.29, 1.82) is 0 Å². The van der Waals surface area contributed by atoms with Crippen LogP contribution in [0.25, 0.3) is 0 Å². The maximum Gasteiger partial charge on any atom is 0.338 e. The van der Waals surface area contributed by atoms with Crippen molar-refractivity contribution in [1.82, 2.24) is 4.90 Å². The first-order chi connectivity index (χ1) is 12.6. The number of esters is 1. The lowest BCUT2D eigenvalue weighted by molar-refractivity contribution is -0.139. The van der Waals surface area contributed by atoms with Crippen molar-refractivity contribution < 1.29 is 14.3 Å². The van der Waals surface area contributed by atoms with Gasteiger partial charge in [-0.3, -0.25) is 0 Å². The molecule has 2 aliphatic heterocycles. The molecule has 1 atom stereocenters. The molecule has 0 spiro atoms. The molecule has 6 heteroatoms. The monoisotopic (exact) mass is 372 g/mol. The van der Waals surface area contributed by atoms with Gasteiger partial charge in [0.1, 0.15) is 5.75 Å². The maximum atomic E-state index is 12.8. The highest BCUT2D eigenvalue weighted by molar-refractivity contribution is 8.16. The van der Waals surface area contributed by atoms with E-state index in [1.807, 2.05) is 45.0 Å². The minimum atomic E-state index is -0.323. The second-order valence-electron chi connectivity index (χ2n) is 5.94. The zero-order valence-corrected chi connectivity index (χ0v) is 16.4. The number of carbonyl (C=O) groups excluding carboxylic acids is 1.